The summed E-state index contributed by atoms with van der Waals surface area (Å²) in [5, 5.41) is 10.1. The zero-order valence-corrected chi connectivity index (χ0v) is 11.8. The van der Waals surface area contributed by atoms with Crippen molar-refractivity contribution in [2.24, 2.45) is 5.73 Å². The van der Waals surface area contributed by atoms with Crippen LogP contribution in [0.5, 0.6) is 0 Å². The van der Waals surface area contributed by atoms with E-state index in [1.807, 2.05) is 0 Å². The van der Waals surface area contributed by atoms with E-state index in [0.717, 1.165) is 0 Å². The molecule has 0 bridgehead atoms. The first-order valence-electron chi connectivity index (χ1n) is 6.85. The van der Waals surface area contributed by atoms with Gasteiger partial charge in [-0.3, -0.25) is 4.79 Å². The van der Waals surface area contributed by atoms with E-state index in [-0.39, 0.29) is 24.3 Å². The second-order valence-corrected chi connectivity index (χ2v) is 5.35. The third-order valence-electron chi connectivity index (χ3n) is 3.72. The highest BCUT2D eigenvalue weighted by Crippen LogP contribution is 2.34. The maximum Gasteiger partial charge on any atom is 0.451 e. The first-order valence-corrected chi connectivity index (χ1v) is 6.85. The number of anilines is 1. The normalized spacial score (nSPS) is 21.8. The van der Waals surface area contributed by atoms with Gasteiger partial charge in [0.15, 0.2) is 0 Å². The number of nitrogens with two attached hydrogens (primary N) is 1. The minimum atomic E-state index is -4.72. The fraction of sp³-hybridized carbons (Fsp3) is 0.357. The van der Waals surface area contributed by atoms with Gasteiger partial charge >= 0.3 is 6.18 Å². The lowest BCUT2D eigenvalue weighted by Crippen LogP contribution is -2.41. The van der Waals surface area contributed by atoms with Gasteiger partial charge in [-0.15, -0.1) is 0 Å². The smallest absolute Gasteiger partial charge is 0.391 e. The lowest BCUT2D eigenvalue weighted by molar-refractivity contribution is -0.144. The number of hydrogen-bond donors (Lipinski definition) is 2. The number of primary amides is 1. The van der Waals surface area contributed by atoms with E-state index in [9.17, 15) is 23.1 Å². The second-order valence-electron chi connectivity index (χ2n) is 5.35. The number of amides is 1. The molecule has 3 rings (SSSR count). The predicted molar refractivity (Wildman–Crippen MR) is 75.5 cm³/mol. The van der Waals surface area contributed by atoms with Gasteiger partial charge in [0, 0.05) is 18.4 Å². The number of aromatic nitrogens is 2. The quantitative estimate of drug-likeness (QED) is 0.861. The van der Waals surface area contributed by atoms with Crippen LogP contribution >= 0.6 is 0 Å². The number of rotatable bonds is 2. The van der Waals surface area contributed by atoms with Crippen molar-refractivity contribution in [2.45, 2.75) is 24.7 Å². The van der Waals surface area contributed by atoms with Gasteiger partial charge in [0.1, 0.15) is 11.9 Å². The predicted octanol–water partition coefficient (Wildman–Crippen LogP) is 1.07. The molecular formula is C14H13F3N4O2. The number of β-amino-alcohol motifs (C(OH)–C–C–N with tert-alkyl or cyclic N) is 1. The molecule has 0 saturated carbocycles. The van der Waals surface area contributed by atoms with Crippen LogP contribution in [0.25, 0.3) is 10.9 Å². The summed E-state index contributed by atoms with van der Waals surface area (Å²) >= 11 is 0. The Balaban J connectivity index is 2.21. The van der Waals surface area contributed by atoms with Crippen LogP contribution in [0.3, 0.4) is 0 Å². The van der Waals surface area contributed by atoms with Gasteiger partial charge < -0.3 is 15.7 Å². The Morgan fingerprint density at radius 1 is 1.30 bits per heavy atom. The molecule has 1 aliphatic heterocycles. The topological polar surface area (TPSA) is 92.3 Å². The highest BCUT2D eigenvalue weighted by molar-refractivity contribution is 5.93. The SMILES string of the molecule is NC(=O)[C@H]1C[C@@H](O)CN1c1nc(C(F)(F)F)nc2ccccc12. The van der Waals surface area contributed by atoms with E-state index < -0.39 is 30.1 Å². The van der Waals surface area contributed by atoms with Crippen LogP contribution in [0.4, 0.5) is 19.0 Å². The lowest BCUT2D eigenvalue weighted by atomic mass is 10.1. The molecule has 1 fully saturated rings. The van der Waals surface area contributed by atoms with Crippen LogP contribution in [0.2, 0.25) is 0 Å². The highest BCUT2D eigenvalue weighted by atomic mass is 19.4. The van der Waals surface area contributed by atoms with Crippen molar-refractivity contribution in [3.63, 3.8) is 0 Å². The Kier molecular flexibility index (Phi) is 3.59. The largest absolute Gasteiger partial charge is 0.451 e. The molecule has 122 valence electrons. The van der Waals surface area contributed by atoms with E-state index in [1.54, 1.807) is 18.2 Å². The van der Waals surface area contributed by atoms with E-state index in [0.29, 0.717) is 5.39 Å². The molecule has 6 nitrogen and oxygen atoms in total. The molecule has 1 aliphatic rings. The Hall–Kier alpha value is -2.42. The average Bonchev–Trinajstić information content (AvgIpc) is 2.87. The average molecular weight is 326 g/mol. The number of carbonyl (C=O) groups excluding carboxylic acids is 1. The van der Waals surface area contributed by atoms with Gasteiger partial charge in [-0.05, 0) is 12.1 Å². The summed E-state index contributed by atoms with van der Waals surface area (Å²) in [5.41, 5.74) is 5.40. The van der Waals surface area contributed by atoms with Crippen LogP contribution in [0, 0.1) is 0 Å². The van der Waals surface area contributed by atoms with Crippen molar-refractivity contribution < 1.29 is 23.1 Å². The fourth-order valence-electron chi connectivity index (χ4n) is 2.72. The number of halogens is 3. The zero-order valence-electron chi connectivity index (χ0n) is 11.8. The van der Waals surface area contributed by atoms with Crippen LogP contribution in [0.1, 0.15) is 12.2 Å². The maximum atomic E-state index is 13.0. The fourth-order valence-corrected chi connectivity index (χ4v) is 2.72. The third kappa shape index (κ3) is 2.79. The first kappa shape index (κ1) is 15.5. The molecule has 1 aromatic carbocycles. The molecule has 3 N–H and O–H groups in total. The molecule has 0 aliphatic carbocycles. The molecular weight excluding hydrogens is 313 g/mol. The number of aliphatic hydroxyl groups excluding tert-OH is 1. The number of nitrogens with zero attached hydrogens (tertiary/aromatic N) is 3. The molecule has 2 heterocycles. The second kappa shape index (κ2) is 5.34. The van der Waals surface area contributed by atoms with E-state index in [1.165, 1.54) is 11.0 Å². The summed E-state index contributed by atoms with van der Waals surface area (Å²) in [6.45, 7) is -0.0219. The van der Waals surface area contributed by atoms with Gasteiger partial charge in [-0.1, -0.05) is 12.1 Å². The molecule has 2 aromatic rings. The Labute approximate surface area is 128 Å². The standard InChI is InChI=1S/C14H13F3N4O2/c15-14(16,17)13-19-9-4-2-1-3-8(9)12(20-13)21-6-7(22)5-10(21)11(18)23/h1-4,7,10,22H,5-6H2,(H2,18,23)/t7-,10-/m1/s1. The van der Waals surface area contributed by atoms with E-state index in [2.05, 4.69) is 9.97 Å². The summed E-state index contributed by atoms with van der Waals surface area (Å²) in [6, 6.07) is 5.27. The summed E-state index contributed by atoms with van der Waals surface area (Å²) in [6.07, 6.45) is -5.54. The van der Waals surface area contributed by atoms with Crippen LogP contribution < -0.4 is 10.6 Å². The molecule has 2 atom stereocenters. The van der Waals surface area contributed by atoms with Crippen LogP contribution in [-0.4, -0.2) is 39.7 Å². The van der Waals surface area contributed by atoms with Gasteiger partial charge in [-0.2, -0.15) is 13.2 Å². The molecule has 1 aromatic heterocycles. The van der Waals surface area contributed by atoms with Gasteiger partial charge in [0.25, 0.3) is 0 Å². The van der Waals surface area contributed by atoms with E-state index >= 15 is 0 Å². The summed E-state index contributed by atoms with van der Waals surface area (Å²) in [4.78, 5) is 20.0. The van der Waals surface area contributed by atoms with Crippen molar-refractivity contribution >= 4 is 22.6 Å². The summed E-state index contributed by atoms with van der Waals surface area (Å²) < 4.78 is 39.1. The number of alkyl halides is 3. The molecule has 1 saturated heterocycles. The summed E-state index contributed by atoms with van der Waals surface area (Å²) in [5.74, 6) is -2.07. The van der Waals surface area contributed by atoms with Crippen molar-refractivity contribution in [1.82, 2.24) is 9.97 Å². The van der Waals surface area contributed by atoms with Crippen molar-refractivity contribution in [3.8, 4) is 0 Å². The Morgan fingerprint density at radius 2 is 2.00 bits per heavy atom. The first-order chi connectivity index (χ1) is 10.8. The lowest BCUT2D eigenvalue weighted by Gasteiger charge is -2.25. The third-order valence-corrected chi connectivity index (χ3v) is 3.72. The minimum Gasteiger partial charge on any atom is -0.391 e. The van der Waals surface area contributed by atoms with Crippen LogP contribution in [-0.2, 0) is 11.0 Å². The molecule has 1 amide bonds. The number of para-hydroxylation sites is 1. The number of aliphatic hydroxyl groups is 1. The van der Waals surface area contributed by atoms with Crippen molar-refractivity contribution in [2.75, 3.05) is 11.4 Å². The number of carbonyl (C=O) groups is 1. The van der Waals surface area contributed by atoms with Gasteiger partial charge in [-0.25, -0.2) is 9.97 Å². The molecule has 0 radical (unpaired) electrons. The number of fused-ring (bicyclic) bond motifs is 1. The molecule has 23 heavy (non-hydrogen) atoms. The molecule has 0 unspecified atom stereocenters. The maximum absolute atomic E-state index is 13.0. The van der Waals surface area contributed by atoms with Gasteiger partial charge in [0.05, 0.1) is 11.6 Å². The summed E-state index contributed by atoms with van der Waals surface area (Å²) in [7, 11) is 0. The molecule has 0 spiro atoms. The van der Waals surface area contributed by atoms with Crippen molar-refractivity contribution in [1.29, 1.82) is 0 Å². The monoisotopic (exact) mass is 326 g/mol. The van der Waals surface area contributed by atoms with Crippen LogP contribution in [0.15, 0.2) is 24.3 Å². The Morgan fingerprint density at radius 3 is 2.65 bits per heavy atom. The zero-order chi connectivity index (χ0) is 16.8. The molecule has 9 heteroatoms. The van der Waals surface area contributed by atoms with E-state index in [4.69, 9.17) is 5.73 Å². The van der Waals surface area contributed by atoms with Gasteiger partial charge in [0.2, 0.25) is 11.7 Å². The number of benzene rings is 1. The highest BCUT2D eigenvalue weighted by Gasteiger charge is 2.40. The minimum absolute atomic E-state index is 0.0219. The Bertz CT molecular complexity index is 765. The number of hydrogen-bond acceptors (Lipinski definition) is 5. The van der Waals surface area contributed by atoms with Crippen molar-refractivity contribution in [3.05, 3.63) is 30.1 Å².